The highest BCUT2D eigenvalue weighted by Crippen LogP contribution is 2.22. The van der Waals surface area contributed by atoms with E-state index in [9.17, 15) is 14.6 Å². The topological polar surface area (TPSA) is 94.1 Å². The number of aryl methyl sites for hydroxylation is 1. The molecule has 0 saturated heterocycles. The molecule has 3 aromatic rings. The lowest BCUT2D eigenvalue weighted by Gasteiger charge is -2.31. The number of imidazole rings is 1. The minimum absolute atomic E-state index is 0.0103. The molecule has 0 aliphatic carbocycles. The number of halogens is 1. The number of para-hydroxylation sites is 1. The fourth-order valence-electron chi connectivity index (χ4n) is 2.80. The first kappa shape index (κ1) is 17.9. The van der Waals surface area contributed by atoms with Gasteiger partial charge in [-0.25, -0.2) is 9.37 Å². The van der Waals surface area contributed by atoms with Gasteiger partial charge in [0.1, 0.15) is 11.1 Å². The summed E-state index contributed by atoms with van der Waals surface area (Å²) in [6.07, 6.45) is 0.140. The van der Waals surface area contributed by atoms with Gasteiger partial charge in [-0.05, 0) is 49.7 Å². The molecule has 6 nitrogen and oxygen atoms in total. The van der Waals surface area contributed by atoms with Gasteiger partial charge in [-0.15, -0.1) is 0 Å². The Balaban J connectivity index is 1.79. The van der Waals surface area contributed by atoms with Crippen molar-refractivity contribution >= 4 is 16.7 Å². The average Bonchev–Trinajstić information content (AvgIpc) is 2.99. The van der Waals surface area contributed by atoms with Gasteiger partial charge in [0.05, 0.1) is 30.0 Å². The zero-order valence-corrected chi connectivity index (χ0v) is 14.4. The highest BCUT2D eigenvalue weighted by molar-refractivity contribution is 5.75. The number of benzene rings is 2. The van der Waals surface area contributed by atoms with E-state index in [4.69, 9.17) is 5.26 Å². The van der Waals surface area contributed by atoms with E-state index < -0.39 is 17.6 Å². The van der Waals surface area contributed by atoms with Crippen LogP contribution in [0.2, 0.25) is 0 Å². The number of hydrogen-bond donors (Lipinski definition) is 3. The van der Waals surface area contributed by atoms with Gasteiger partial charge in [-0.3, -0.25) is 0 Å². The molecule has 0 aliphatic heterocycles. The van der Waals surface area contributed by atoms with Crippen LogP contribution in [0, 0.1) is 24.1 Å². The van der Waals surface area contributed by atoms with Gasteiger partial charge in [0.2, 0.25) is 0 Å². The van der Waals surface area contributed by atoms with Gasteiger partial charge in [0, 0.05) is 5.69 Å². The highest BCUT2D eigenvalue weighted by Gasteiger charge is 2.31. The largest absolute Gasteiger partial charge is 0.384 e. The van der Waals surface area contributed by atoms with Crippen LogP contribution >= 0.6 is 0 Å². The molecule has 3 rings (SSSR count). The molecule has 0 amide bonds. The van der Waals surface area contributed by atoms with Gasteiger partial charge in [-0.2, -0.15) is 5.26 Å². The number of rotatable bonds is 5. The lowest BCUT2D eigenvalue weighted by Crippen LogP contribution is -2.47. The normalized spacial score (nSPS) is 14.6. The molecule has 0 spiro atoms. The zero-order chi connectivity index (χ0) is 18.9. The van der Waals surface area contributed by atoms with Crippen LogP contribution < -0.4 is 5.32 Å². The Kier molecular flexibility index (Phi) is 4.64. The van der Waals surface area contributed by atoms with E-state index in [2.05, 4.69) is 16.4 Å². The Hall–Kier alpha value is -2.95. The van der Waals surface area contributed by atoms with Crippen LogP contribution in [0.3, 0.4) is 0 Å². The average molecular weight is 354 g/mol. The van der Waals surface area contributed by atoms with Crippen molar-refractivity contribution in [2.24, 2.45) is 0 Å². The molecule has 1 unspecified atom stereocenters. The molecule has 1 heterocycles. The minimum Gasteiger partial charge on any atom is -0.384 e. The molecule has 0 radical (unpaired) electrons. The van der Waals surface area contributed by atoms with Crippen molar-refractivity contribution in [1.82, 2.24) is 9.55 Å². The number of aromatic nitrogens is 2. The smallest absolute Gasteiger partial charge is 0.155 e. The molecule has 2 atom stereocenters. The van der Waals surface area contributed by atoms with Gasteiger partial charge >= 0.3 is 0 Å². The minimum atomic E-state index is -1.55. The molecule has 2 aromatic carbocycles. The second-order valence-electron chi connectivity index (χ2n) is 6.53. The fraction of sp³-hybridized carbons (Fsp3) is 0.263. The summed E-state index contributed by atoms with van der Waals surface area (Å²) in [7, 11) is 0. The SMILES string of the molecule is Cc1cc(NC(O)[C@@](C)(O)Cn2cnc3c(F)cccc32)ccc1C#N. The lowest BCUT2D eigenvalue weighted by atomic mass is 10.0. The molecule has 0 bridgehead atoms. The molecule has 1 aromatic heterocycles. The number of aliphatic hydroxyl groups excluding tert-OH is 1. The number of nitrogens with zero attached hydrogens (tertiary/aromatic N) is 3. The maximum absolute atomic E-state index is 13.8. The first-order valence-electron chi connectivity index (χ1n) is 8.09. The Morgan fingerprint density at radius 1 is 1.38 bits per heavy atom. The van der Waals surface area contributed by atoms with Crippen LogP contribution in [-0.4, -0.2) is 31.6 Å². The third kappa shape index (κ3) is 3.38. The molecular formula is C19H19FN4O2. The van der Waals surface area contributed by atoms with Crippen LogP contribution in [0.1, 0.15) is 18.1 Å². The van der Waals surface area contributed by atoms with Crippen molar-refractivity contribution in [3.05, 3.63) is 59.7 Å². The second kappa shape index (κ2) is 6.75. The number of anilines is 1. The molecule has 0 aliphatic rings. The summed E-state index contributed by atoms with van der Waals surface area (Å²) in [6.45, 7) is 3.28. The van der Waals surface area contributed by atoms with E-state index in [0.717, 1.165) is 5.56 Å². The number of nitriles is 1. The Labute approximate surface area is 150 Å². The maximum atomic E-state index is 13.8. The second-order valence-corrected chi connectivity index (χ2v) is 6.53. The van der Waals surface area contributed by atoms with Crippen molar-refractivity contribution in [2.75, 3.05) is 5.32 Å². The monoisotopic (exact) mass is 354 g/mol. The quantitative estimate of drug-likeness (QED) is 0.612. The number of fused-ring (bicyclic) bond motifs is 1. The summed E-state index contributed by atoms with van der Waals surface area (Å²) >= 11 is 0. The number of nitrogens with one attached hydrogen (secondary N) is 1. The maximum Gasteiger partial charge on any atom is 0.155 e. The van der Waals surface area contributed by atoms with Crippen LogP contribution in [-0.2, 0) is 6.54 Å². The van der Waals surface area contributed by atoms with Gasteiger partial charge in [0.15, 0.2) is 12.0 Å². The number of hydrogen-bond acceptors (Lipinski definition) is 5. The Bertz CT molecular complexity index is 991. The first-order chi connectivity index (χ1) is 12.3. The van der Waals surface area contributed by atoms with Gasteiger partial charge in [0.25, 0.3) is 0 Å². The molecule has 3 N–H and O–H groups in total. The summed E-state index contributed by atoms with van der Waals surface area (Å²) in [5.74, 6) is -0.437. The molecule has 0 saturated carbocycles. The van der Waals surface area contributed by atoms with E-state index in [-0.39, 0.29) is 12.1 Å². The van der Waals surface area contributed by atoms with Crippen LogP contribution in [0.5, 0.6) is 0 Å². The fourth-order valence-corrected chi connectivity index (χ4v) is 2.80. The summed E-state index contributed by atoms with van der Waals surface area (Å²) < 4.78 is 15.3. The Morgan fingerprint density at radius 3 is 2.85 bits per heavy atom. The Morgan fingerprint density at radius 2 is 2.15 bits per heavy atom. The van der Waals surface area contributed by atoms with E-state index in [1.807, 2.05) is 0 Å². The standard InChI is InChI=1S/C19H19FN4O2/c1-12-8-14(7-6-13(12)9-21)23-18(25)19(2,26)10-24-11-22-17-15(20)4-3-5-16(17)24/h3-8,11,18,23,25-26H,10H2,1-2H3/t18?,19-/m0/s1. The molecule has 134 valence electrons. The lowest BCUT2D eigenvalue weighted by molar-refractivity contribution is -0.0578. The predicted octanol–water partition coefficient (Wildman–Crippen LogP) is 2.54. The van der Waals surface area contributed by atoms with Crippen molar-refractivity contribution in [2.45, 2.75) is 32.2 Å². The first-order valence-corrected chi connectivity index (χ1v) is 8.09. The molecular weight excluding hydrogens is 335 g/mol. The van der Waals surface area contributed by atoms with Gasteiger partial charge < -0.3 is 20.1 Å². The van der Waals surface area contributed by atoms with Crippen molar-refractivity contribution < 1.29 is 14.6 Å². The van der Waals surface area contributed by atoms with E-state index in [1.54, 1.807) is 41.8 Å². The summed E-state index contributed by atoms with van der Waals surface area (Å²) in [4.78, 5) is 4.02. The molecule has 26 heavy (non-hydrogen) atoms. The van der Waals surface area contributed by atoms with Crippen molar-refractivity contribution in [3.8, 4) is 6.07 Å². The summed E-state index contributed by atoms with van der Waals surface area (Å²) in [6, 6.07) is 11.7. The van der Waals surface area contributed by atoms with E-state index >= 15 is 0 Å². The molecule has 0 fully saturated rings. The third-order valence-corrected chi connectivity index (χ3v) is 4.33. The van der Waals surface area contributed by atoms with Gasteiger partial charge in [-0.1, -0.05) is 6.07 Å². The number of aliphatic hydroxyl groups is 2. The molecule has 7 heteroatoms. The highest BCUT2D eigenvalue weighted by atomic mass is 19.1. The van der Waals surface area contributed by atoms with Crippen molar-refractivity contribution in [3.63, 3.8) is 0 Å². The zero-order valence-electron chi connectivity index (χ0n) is 14.4. The van der Waals surface area contributed by atoms with Crippen LogP contribution in [0.4, 0.5) is 10.1 Å². The summed E-state index contributed by atoms with van der Waals surface area (Å²) in [5.41, 5.74) is 1.09. The van der Waals surface area contributed by atoms with Crippen molar-refractivity contribution in [1.29, 1.82) is 5.26 Å². The van der Waals surface area contributed by atoms with Crippen LogP contribution in [0.25, 0.3) is 11.0 Å². The summed E-state index contributed by atoms with van der Waals surface area (Å²) in [5, 5.41) is 33.0. The van der Waals surface area contributed by atoms with E-state index in [1.165, 1.54) is 19.3 Å². The third-order valence-electron chi connectivity index (χ3n) is 4.33. The van der Waals surface area contributed by atoms with E-state index in [0.29, 0.717) is 16.8 Å². The predicted molar refractivity (Wildman–Crippen MR) is 95.8 cm³/mol. The van der Waals surface area contributed by atoms with Crippen LogP contribution in [0.15, 0.2) is 42.7 Å².